The van der Waals surface area contributed by atoms with Gasteiger partial charge in [0, 0.05) is 31.5 Å². The van der Waals surface area contributed by atoms with Crippen molar-refractivity contribution in [2.24, 2.45) is 5.10 Å². The van der Waals surface area contributed by atoms with Crippen LogP contribution in [0.4, 0.5) is 0 Å². The number of hydrazone groups is 1. The summed E-state index contributed by atoms with van der Waals surface area (Å²) in [4.78, 5) is 27.2. The second kappa shape index (κ2) is 11.1. The van der Waals surface area contributed by atoms with E-state index in [2.05, 4.69) is 5.10 Å². The molecule has 1 atom stereocenters. The maximum absolute atomic E-state index is 13.3. The predicted octanol–water partition coefficient (Wildman–Crippen LogP) is 3.91. The average Bonchev–Trinajstić information content (AvgIpc) is 3.27. The van der Waals surface area contributed by atoms with E-state index < -0.39 is 0 Å². The number of hydrogen-bond donors (Lipinski definition) is 0. The van der Waals surface area contributed by atoms with Gasteiger partial charge in [-0.05, 0) is 47.5 Å². The second-order valence-electron chi connectivity index (χ2n) is 7.45. The molecule has 0 N–H and O–H groups in total. The van der Waals surface area contributed by atoms with Crippen LogP contribution in [0.3, 0.4) is 0 Å². The van der Waals surface area contributed by atoms with Gasteiger partial charge >= 0.3 is 0 Å². The standard InChI is InChI=1S/C24H28ClN3O4/c1-4-23(29)27(13-14-31-2)16-24(30)28-22(18-5-9-19(25)10-6-18)15-21(26-28)17-7-11-20(32-3)12-8-17/h5-12,22H,4,13-16H2,1-3H3. The first-order valence-corrected chi connectivity index (χ1v) is 10.9. The van der Waals surface area contributed by atoms with Crippen LogP contribution in [0.2, 0.25) is 5.02 Å². The molecule has 170 valence electrons. The lowest BCUT2D eigenvalue weighted by Gasteiger charge is -2.26. The predicted molar refractivity (Wildman–Crippen MR) is 124 cm³/mol. The van der Waals surface area contributed by atoms with E-state index in [1.165, 1.54) is 9.91 Å². The van der Waals surface area contributed by atoms with Gasteiger partial charge in [0.05, 0.1) is 25.5 Å². The number of benzene rings is 2. The molecule has 1 aliphatic rings. The molecule has 2 amide bonds. The molecular formula is C24H28ClN3O4. The molecule has 1 aliphatic heterocycles. The topological polar surface area (TPSA) is 71.4 Å². The number of rotatable bonds is 9. The molecule has 0 aliphatic carbocycles. The van der Waals surface area contributed by atoms with Crippen molar-refractivity contribution in [1.82, 2.24) is 9.91 Å². The summed E-state index contributed by atoms with van der Waals surface area (Å²) in [7, 11) is 3.19. The fourth-order valence-electron chi connectivity index (χ4n) is 3.60. The molecule has 0 bridgehead atoms. The normalized spacial score (nSPS) is 15.4. The van der Waals surface area contributed by atoms with Crippen molar-refractivity contribution < 1.29 is 19.1 Å². The van der Waals surface area contributed by atoms with Crippen molar-refractivity contribution in [3.8, 4) is 5.75 Å². The first-order valence-electron chi connectivity index (χ1n) is 10.5. The van der Waals surface area contributed by atoms with Crippen LogP contribution < -0.4 is 4.74 Å². The largest absolute Gasteiger partial charge is 0.497 e. The Kier molecular flexibility index (Phi) is 8.25. The van der Waals surface area contributed by atoms with Gasteiger partial charge in [-0.15, -0.1) is 0 Å². The molecule has 0 radical (unpaired) electrons. The van der Waals surface area contributed by atoms with Crippen molar-refractivity contribution in [2.75, 3.05) is 33.9 Å². The van der Waals surface area contributed by atoms with Crippen LogP contribution in [0.5, 0.6) is 5.75 Å². The lowest BCUT2D eigenvalue weighted by molar-refractivity contribution is -0.141. The Labute approximate surface area is 193 Å². The summed E-state index contributed by atoms with van der Waals surface area (Å²) in [5.41, 5.74) is 2.65. The van der Waals surface area contributed by atoms with Crippen LogP contribution in [0.15, 0.2) is 53.6 Å². The number of hydrogen-bond acceptors (Lipinski definition) is 5. The number of carbonyl (C=O) groups is 2. The van der Waals surface area contributed by atoms with Crippen LogP contribution in [-0.4, -0.2) is 61.4 Å². The van der Waals surface area contributed by atoms with E-state index in [4.69, 9.17) is 21.1 Å². The van der Waals surface area contributed by atoms with Crippen LogP contribution in [0, 0.1) is 0 Å². The third kappa shape index (κ3) is 5.66. The van der Waals surface area contributed by atoms with Crippen LogP contribution in [-0.2, 0) is 14.3 Å². The zero-order chi connectivity index (χ0) is 23.1. The highest BCUT2D eigenvalue weighted by atomic mass is 35.5. The van der Waals surface area contributed by atoms with Gasteiger partial charge in [0.1, 0.15) is 12.3 Å². The second-order valence-corrected chi connectivity index (χ2v) is 7.88. The van der Waals surface area contributed by atoms with Crippen molar-refractivity contribution in [2.45, 2.75) is 25.8 Å². The van der Waals surface area contributed by atoms with E-state index in [1.807, 2.05) is 36.4 Å². The number of carbonyl (C=O) groups excluding carboxylic acids is 2. The van der Waals surface area contributed by atoms with Crippen molar-refractivity contribution in [3.05, 3.63) is 64.7 Å². The van der Waals surface area contributed by atoms with Gasteiger partial charge in [0.15, 0.2) is 0 Å². The molecule has 1 unspecified atom stereocenters. The summed E-state index contributed by atoms with van der Waals surface area (Å²) in [6, 6.07) is 14.7. The van der Waals surface area contributed by atoms with Crippen LogP contribution >= 0.6 is 11.6 Å². The summed E-state index contributed by atoms with van der Waals surface area (Å²) in [6.07, 6.45) is 0.872. The van der Waals surface area contributed by atoms with E-state index in [0.717, 1.165) is 22.6 Å². The fraction of sp³-hybridized carbons (Fsp3) is 0.375. The first kappa shape index (κ1) is 23.8. The summed E-state index contributed by atoms with van der Waals surface area (Å²) >= 11 is 6.06. The lowest BCUT2D eigenvalue weighted by atomic mass is 9.98. The Morgan fingerprint density at radius 1 is 1.12 bits per heavy atom. The smallest absolute Gasteiger partial charge is 0.262 e. The highest BCUT2D eigenvalue weighted by Gasteiger charge is 2.34. The number of halogens is 1. The molecule has 3 rings (SSSR count). The Balaban J connectivity index is 1.88. The van der Waals surface area contributed by atoms with E-state index in [9.17, 15) is 9.59 Å². The van der Waals surface area contributed by atoms with Crippen molar-refractivity contribution in [1.29, 1.82) is 0 Å². The zero-order valence-electron chi connectivity index (χ0n) is 18.6. The summed E-state index contributed by atoms with van der Waals surface area (Å²) < 4.78 is 10.3. The van der Waals surface area contributed by atoms with Crippen molar-refractivity contribution >= 4 is 29.1 Å². The SMILES string of the molecule is CCC(=O)N(CCOC)CC(=O)N1N=C(c2ccc(OC)cc2)CC1c1ccc(Cl)cc1. The minimum absolute atomic E-state index is 0.0560. The van der Waals surface area contributed by atoms with Gasteiger partial charge in [0.2, 0.25) is 5.91 Å². The molecule has 7 nitrogen and oxygen atoms in total. The van der Waals surface area contributed by atoms with Crippen LogP contribution in [0.25, 0.3) is 0 Å². The van der Waals surface area contributed by atoms with E-state index in [1.54, 1.807) is 33.3 Å². The molecular weight excluding hydrogens is 430 g/mol. The molecule has 32 heavy (non-hydrogen) atoms. The molecule has 0 saturated heterocycles. The average molecular weight is 458 g/mol. The zero-order valence-corrected chi connectivity index (χ0v) is 19.3. The highest BCUT2D eigenvalue weighted by molar-refractivity contribution is 6.30. The van der Waals surface area contributed by atoms with E-state index >= 15 is 0 Å². The molecule has 2 aromatic carbocycles. The van der Waals surface area contributed by atoms with E-state index in [0.29, 0.717) is 31.0 Å². The summed E-state index contributed by atoms with van der Waals surface area (Å²) in [5.74, 6) is 0.407. The Morgan fingerprint density at radius 3 is 2.41 bits per heavy atom. The minimum Gasteiger partial charge on any atom is -0.497 e. The van der Waals surface area contributed by atoms with Gasteiger partial charge in [-0.2, -0.15) is 5.10 Å². The number of methoxy groups -OCH3 is 2. The monoisotopic (exact) mass is 457 g/mol. The summed E-state index contributed by atoms with van der Waals surface area (Å²) in [5, 5.41) is 6.79. The van der Waals surface area contributed by atoms with E-state index in [-0.39, 0.29) is 24.4 Å². The Bertz CT molecular complexity index is 960. The minimum atomic E-state index is -0.280. The maximum Gasteiger partial charge on any atom is 0.262 e. The Morgan fingerprint density at radius 2 is 1.81 bits per heavy atom. The molecule has 0 saturated carbocycles. The third-order valence-corrected chi connectivity index (χ3v) is 5.64. The Hall–Kier alpha value is -2.90. The highest BCUT2D eigenvalue weighted by Crippen LogP contribution is 2.33. The summed E-state index contributed by atoms with van der Waals surface area (Å²) in [6.45, 7) is 2.43. The quantitative estimate of drug-likeness (QED) is 0.572. The molecule has 8 heteroatoms. The molecule has 2 aromatic rings. The molecule has 1 heterocycles. The van der Waals surface area contributed by atoms with Crippen LogP contribution in [0.1, 0.15) is 36.9 Å². The van der Waals surface area contributed by atoms with Gasteiger partial charge in [-0.1, -0.05) is 30.7 Å². The fourth-order valence-corrected chi connectivity index (χ4v) is 3.72. The van der Waals surface area contributed by atoms with Gasteiger partial charge in [0.25, 0.3) is 5.91 Å². The maximum atomic E-state index is 13.3. The van der Waals surface area contributed by atoms with Gasteiger partial charge < -0.3 is 14.4 Å². The lowest BCUT2D eigenvalue weighted by Crippen LogP contribution is -2.42. The number of nitrogens with zero attached hydrogens (tertiary/aromatic N) is 3. The number of ether oxygens (including phenoxy) is 2. The molecule has 0 aromatic heterocycles. The van der Waals surface area contributed by atoms with Gasteiger partial charge in [-0.3, -0.25) is 9.59 Å². The number of amides is 2. The first-order chi connectivity index (χ1) is 15.5. The van der Waals surface area contributed by atoms with Crippen molar-refractivity contribution in [3.63, 3.8) is 0 Å². The molecule has 0 fully saturated rings. The third-order valence-electron chi connectivity index (χ3n) is 5.39. The van der Waals surface area contributed by atoms with Gasteiger partial charge in [-0.25, -0.2) is 5.01 Å². The molecule has 0 spiro atoms.